The Balaban J connectivity index is 1.51. The number of hydrogen-bond donors (Lipinski definition) is 1. The lowest BCUT2D eigenvalue weighted by Crippen LogP contribution is -2.35. The average molecular weight is 347 g/mol. The molecule has 1 saturated heterocycles. The summed E-state index contributed by atoms with van der Waals surface area (Å²) in [5.74, 6) is 3.58. The second-order valence-corrected chi connectivity index (χ2v) is 6.42. The molecule has 3 aromatic rings. The largest absolute Gasteiger partial charge is 0.356 e. The summed E-state index contributed by atoms with van der Waals surface area (Å²) in [6, 6.07) is 7.97. The highest BCUT2D eigenvalue weighted by Gasteiger charge is 2.23. The third-order valence-corrected chi connectivity index (χ3v) is 4.57. The maximum atomic E-state index is 4.57. The normalized spacial score (nSPS) is 17.1. The molecule has 3 aromatic heterocycles. The summed E-state index contributed by atoms with van der Waals surface area (Å²) in [4.78, 5) is 23.9. The summed E-state index contributed by atoms with van der Waals surface area (Å²) in [6.45, 7) is 3.90. The molecule has 132 valence electrons. The summed E-state index contributed by atoms with van der Waals surface area (Å²) in [5, 5.41) is 3.17. The summed E-state index contributed by atoms with van der Waals surface area (Å²) in [7, 11) is 0. The predicted molar refractivity (Wildman–Crippen MR) is 101 cm³/mol. The van der Waals surface area contributed by atoms with Gasteiger partial charge in [0.1, 0.15) is 17.5 Å². The molecule has 0 spiro atoms. The van der Waals surface area contributed by atoms with Crippen molar-refractivity contribution in [2.45, 2.75) is 25.7 Å². The molecule has 0 radical (unpaired) electrons. The molecule has 1 fully saturated rings. The van der Waals surface area contributed by atoms with Gasteiger partial charge in [0.2, 0.25) is 5.95 Å². The number of piperidine rings is 1. The molecule has 0 aliphatic carbocycles. The molecule has 1 atom stereocenters. The smallest absolute Gasteiger partial charge is 0.228 e. The summed E-state index contributed by atoms with van der Waals surface area (Å²) >= 11 is 0. The van der Waals surface area contributed by atoms with Crippen LogP contribution in [0.1, 0.15) is 30.1 Å². The van der Waals surface area contributed by atoms with Crippen molar-refractivity contribution in [2.75, 3.05) is 23.3 Å². The van der Waals surface area contributed by atoms with Crippen LogP contribution in [0, 0.1) is 6.92 Å². The SMILES string of the molecule is Cc1nccc(N2CCC[C@@H](c3ccnc(Nc4ncccn4)c3)C2)n1. The summed E-state index contributed by atoms with van der Waals surface area (Å²) in [6.07, 6.45) is 9.39. The third kappa shape index (κ3) is 3.77. The summed E-state index contributed by atoms with van der Waals surface area (Å²) < 4.78 is 0. The first-order valence-corrected chi connectivity index (χ1v) is 8.82. The number of aryl methyl sites for hydroxylation is 1. The molecule has 4 heterocycles. The van der Waals surface area contributed by atoms with Gasteiger partial charge in [0, 0.05) is 43.8 Å². The fourth-order valence-corrected chi connectivity index (χ4v) is 3.32. The Labute approximate surface area is 152 Å². The van der Waals surface area contributed by atoms with E-state index in [0.717, 1.165) is 43.4 Å². The molecular formula is C19H21N7. The summed E-state index contributed by atoms with van der Waals surface area (Å²) in [5.41, 5.74) is 1.27. The van der Waals surface area contributed by atoms with Gasteiger partial charge in [0.15, 0.2) is 0 Å². The van der Waals surface area contributed by atoms with Gasteiger partial charge in [0.25, 0.3) is 0 Å². The first-order chi connectivity index (χ1) is 12.8. The molecular weight excluding hydrogens is 326 g/mol. The number of rotatable bonds is 4. The Bertz CT molecular complexity index is 869. The Morgan fingerprint density at radius 3 is 2.73 bits per heavy atom. The van der Waals surface area contributed by atoms with Crippen molar-refractivity contribution in [1.29, 1.82) is 0 Å². The zero-order valence-corrected chi connectivity index (χ0v) is 14.7. The lowest BCUT2D eigenvalue weighted by atomic mass is 9.91. The van der Waals surface area contributed by atoms with Crippen LogP contribution in [0.4, 0.5) is 17.6 Å². The molecule has 0 saturated carbocycles. The fraction of sp³-hybridized carbons (Fsp3) is 0.316. The molecule has 1 aliphatic heterocycles. The van der Waals surface area contributed by atoms with Crippen LogP contribution in [-0.4, -0.2) is 38.0 Å². The minimum atomic E-state index is 0.444. The number of aromatic nitrogens is 5. The van der Waals surface area contributed by atoms with Crippen LogP contribution in [0.2, 0.25) is 0 Å². The van der Waals surface area contributed by atoms with E-state index in [4.69, 9.17) is 0 Å². The van der Waals surface area contributed by atoms with Gasteiger partial charge in [-0.2, -0.15) is 0 Å². The molecule has 1 aliphatic rings. The van der Waals surface area contributed by atoms with Crippen LogP contribution >= 0.6 is 0 Å². The number of nitrogens with one attached hydrogen (secondary N) is 1. The fourth-order valence-electron chi connectivity index (χ4n) is 3.32. The Morgan fingerprint density at radius 2 is 1.88 bits per heavy atom. The predicted octanol–water partition coefficient (Wildman–Crippen LogP) is 3.10. The van der Waals surface area contributed by atoms with Crippen LogP contribution < -0.4 is 10.2 Å². The molecule has 0 amide bonds. The van der Waals surface area contributed by atoms with Gasteiger partial charge in [-0.3, -0.25) is 0 Å². The van der Waals surface area contributed by atoms with E-state index in [1.165, 1.54) is 5.56 Å². The van der Waals surface area contributed by atoms with E-state index in [1.807, 2.05) is 25.4 Å². The second-order valence-electron chi connectivity index (χ2n) is 6.42. The van der Waals surface area contributed by atoms with E-state index in [0.29, 0.717) is 11.9 Å². The van der Waals surface area contributed by atoms with Gasteiger partial charge in [-0.25, -0.2) is 24.9 Å². The van der Waals surface area contributed by atoms with Crippen molar-refractivity contribution in [2.24, 2.45) is 0 Å². The highest BCUT2D eigenvalue weighted by Crippen LogP contribution is 2.30. The molecule has 7 nitrogen and oxygen atoms in total. The van der Waals surface area contributed by atoms with E-state index < -0.39 is 0 Å². The molecule has 0 unspecified atom stereocenters. The zero-order valence-electron chi connectivity index (χ0n) is 14.7. The highest BCUT2D eigenvalue weighted by molar-refractivity contribution is 5.49. The highest BCUT2D eigenvalue weighted by atomic mass is 15.2. The van der Waals surface area contributed by atoms with Crippen LogP contribution in [0.5, 0.6) is 0 Å². The monoisotopic (exact) mass is 347 g/mol. The molecule has 7 heteroatoms. The van der Waals surface area contributed by atoms with Crippen LogP contribution in [-0.2, 0) is 0 Å². The average Bonchev–Trinajstić information content (AvgIpc) is 2.69. The van der Waals surface area contributed by atoms with Gasteiger partial charge in [0.05, 0.1) is 0 Å². The zero-order chi connectivity index (χ0) is 17.8. The van der Waals surface area contributed by atoms with Gasteiger partial charge >= 0.3 is 0 Å². The van der Waals surface area contributed by atoms with Crippen LogP contribution in [0.3, 0.4) is 0 Å². The van der Waals surface area contributed by atoms with Crippen molar-refractivity contribution >= 4 is 17.6 Å². The Morgan fingerprint density at radius 1 is 1.04 bits per heavy atom. The molecule has 0 aromatic carbocycles. The van der Waals surface area contributed by atoms with Gasteiger partial charge in [-0.1, -0.05) is 0 Å². The van der Waals surface area contributed by atoms with Gasteiger partial charge < -0.3 is 10.2 Å². The standard InChI is InChI=1S/C19H21N7/c1-14-20-10-6-18(24-14)26-11-2-4-16(13-26)15-5-9-21-17(12-15)25-19-22-7-3-8-23-19/h3,5-10,12,16H,2,4,11,13H2,1H3,(H,21,22,23,25)/t16-/m1/s1. The van der Waals surface area contributed by atoms with Gasteiger partial charge in [-0.15, -0.1) is 0 Å². The minimum absolute atomic E-state index is 0.444. The maximum absolute atomic E-state index is 4.57. The lowest BCUT2D eigenvalue weighted by molar-refractivity contribution is 0.506. The molecule has 0 bridgehead atoms. The van der Waals surface area contributed by atoms with E-state index in [2.05, 4.69) is 47.3 Å². The number of hydrogen-bond acceptors (Lipinski definition) is 7. The van der Waals surface area contributed by atoms with Crippen molar-refractivity contribution in [3.63, 3.8) is 0 Å². The van der Waals surface area contributed by atoms with E-state index >= 15 is 0 Å². The van der Waals surface area contributed by atoms with Crippen LogP contribution in [0.25, 0.3) is 0 Å². The number of anilines is 3. The van der Waals surface area contributed by atoms with Gasteiger partial charge in [-0.05, 0) is 49.6 Å². The lowest BCUT2D eigenvalue weighted by Gasteiger charge is -2.34. The molecule has 26 heavy (non-hydrogen) atoms. The van der Waals surface area contributed by atoms with Crippen LogP contribution in [0.15, 0.2) is 49.1 Å². The van der Waals surface area contributed by atoms with E-state index in [-0.39, 0.29) is 0 Å². The van der Waals surface area contributed by atoms with E-state index in [1.54, 1.807) is 18.5 Å². The topological polar surface area (TPSA) is 79.7 Å². The Kier molecular flexibility index (Phi) is 4.68. The first kappa shape index (κ1) is 16.4. The number of pyridine rings is 1. The van der Waals surface area contributed by atoms with E-state index in [9.17, 15) is 0 Å². The third-order valence-electron chi connectivity index (χ3n) is 4.57. The second kappa shape index (κ2) is 7.43. The van der Waals surface area contributed by atoms with Crippen molar-refractivity contribution in [3.05, 3.63) is 60.4 Å². The first-order valence-electron chi connectivity index (χ1n) is 8.82. The number of nitrogens with zero attached hydrogens (tertiary/aromatic N) is 6. The van der Waals surface area contributed by atoms with Crippen molar-refractivity contribution < 1.29 is 0 Å². The quantitative estimate of drug-likeness (QED) is 0.777. The van der Waals surface area contributed by atoms with Crippen molar-refractivity contribution in [3.8, 4) is 0 Å². The minimum Gasteiger partial charge on any atom is -0.356 e. The Hall–Kier alpha value is -3.09. The molecule has 1 N–H and O–H groups in total. The maximum Gasteiger partial charge on any atom is 0.228 e. The van der Waals surface area contributed by atoms with Crippen molar-refractivity contribution in [1.82, 2.24) is 24.9 Å². The molecule has 4 rings (SSSR count).